The Hall–Kier alpha value is 0.0200. The molecule has 0 bridgehead atoms. The van der Waals surface area contributed by atoms with Gasteiger partial charge < -0.3 is 4.98 Å². The molecule has 0 saturated carbocycles. The van der Waals surface area contributed by atoms with E-state index >= 15 is 0 Å². The monoisotopic (exact) mass is 349 g/mol. The van der Waals surface area contributed by atoms with Crippen molar-refractivity contribution in [2.75, 3.05) is 0 Å². The van der Waals surface area contributed by atoms with Gasteiger partial charge in [-0.3, -0.25) is 4.79 Å². The molecule has 1 heterocycles. The Morgan fingerprint density at radius 3 is 2.67 bits per heavy atom. The second kappa shape index (κ2) is 3.82. The summed E-state index contributed by atoms with van der Waals surface area (Å²) in [6, 6.07) is 1.22. The molecule has 1 rings (SSSR count). The molecule has 1 N–H and O–H groups in total. The number of nitrogens with one attached hydrogen (secondary N) is 1. The molecule has 1 aromatic rings. The molecule has 0 aliphatic rings. The van der Waals surface area contributed by atoms with E-state index in [4.69, 9.17) is 0 Å². The van der Waals surface area contributed by atoms with E-state index in [0.717, 1.165) is 0 Å². The molecule has 66 valence electrons. The molecule has 0 fully saturated rings. The summed E-state index contributed by atoms with van der Waals surface area (Å²) in [5.41, 5.74) is -0.744. The van der Waals surface area contributed by atoms with Crippen LogP contribution in [-0.4, -0.2) is 4.98 Å². The van der Waals surface area contributed by atoms with Crippen molar-refractivity contribution in [1.29, 1.82) is 0 Å². The fourth-order valence-corrected chi connectivity index (χ4v) is 1.63. The Morgan fingerprint density at radius 1 is 1.58 bits per heavy atom. The summed E-state index contributed by atoms with van der Waals surface area (Å²) in [4.78, 5) is 13.3. The van der Waals surface area contributed by atoms with Crippen molar-refractivity contribution in [3.05, 3.63) is 30.2 Å². The third-order valence-electron chi connectivity index (χ3n) is 1.18. The topological polar surface area (TPSA) is 32.9 Å². The molecule has 1 aromatic heterocycles. The molecule has 0 aromatic carbocycles. The molecule has 0 aliphatic heterocycles. The lowest BCUT2D eigenvalue weighted by Gasteiger charge is -2.02. The van der Waals surface area contributed by atoms with Gasteiger partial charge in [0.2, 0.25) is 0 Å². The zero-order valence-corrected chi connectivity index (χ0v) is 9.32. The van der Waals surface area contributed by atoms with Crippen LogP contribution in [0, 0.1) is 3.57 Å². The Balaban J connectivity index is 3.38. The number of rotatable bonds is 1. The number of pyridine rings is 1. The van der Waals surface area contributed by atoms with E-state index in [1.54, 1.807) is 22.6 Å². The van der Waals surface area contributed by atoms with Crippen LogP contribution in [0.1, 0.15) is 12.1 Å². The highest BCUT2D eigenvalue weighted by atomic mass is 127. The smallest absolute Gasteiger partial charge is 0.279 e. The maximum Gasteiger partial charge on any atom is 0.279 e. The lowest BCUT2D eigenvalue weighted by atomic mass is 10.3. The first-order valence-electron chi connectivity index (χ1n) is 2.88. The number of alkyl halides is 2. The first kappa shape index (κ1) is 10.1. The third-order valence-corrected chi connectivity index (χ3v) is 2.72. The lowest BCUT2D eigenvalue weighted by Crippen LogP contribution is -2.10. The molecule has 2 nitrogen and oxygen atoms in total. The van der Waals surface area contributed by atoms with E-state index in [9.17, 15) is 13.6 Å². The van der Waals surface area contributed by atoms with Crippen molar-refractivity contribution in [3.63, 3.8) is 0 Å². The number of hydrogen-bond acceptors (Lipinski definition) is 1. The second-order valence-electron chi connectivity index (χ2n) is 2.01. The van der Waals surface area contributed by atoms with Crippen LogP contribution in [-0.2, 0) is 0 Å². The van der Waals surface area contributed by atoms with E-state index in [-0.39, 0.29) is 13.9 Å². The van der Waals surface area contributed by atoms with Gasteiger partial charge in [0.25, 0.3) is 6.43 Å². The molecule has 0 amide bonds. The minimum atomic E-state index is -2.65. The van der Waals surface area contributed by atoms with Crippen molar-refractivity contribution < 1.29 is 8.78 Å². The molecule has 12 heavy (non-hydrogen) atoms. The standard InChI is InChI=1S/C6H3BrF2INO/c7-3-1-2(12)4(10)5(11-3)6(8)9/h1,6H,(H,11,12). The van der Waals surface area contributed by atoms with Crippen LogP contribution in [0.15, 0.2) is 15.5 Å². The minimum absolute atomic E-state index is 0.0331. The van der Waals surface area contributed by atoms with E-state index in [1.807, 2.05) is 0 Å². The minimum Gasteiger partial charge on any atom is -0.347 e. The van der Waals surface area contributed by atoms with Crippen LogP contribution in [0.4, 0.5) is 8.78 Å². The molecule has 0 spiro atoms. The maximum atomic E-state index is 12.2. The molecular formula is C6H3BrF2INO. The first-order chi connectivity index (χ1) is 5.52. The van der Waals surface area contributed by atoms with Crippen LogP contribution in [0.2, 0.25) is 0 Å². The van der Waals surface area contributed by atoms with Crippen molar-refractivity contribution in [2.45, 2.75) is 6.43 Å². The summed E-state index contributed by atoms with van der Waals surface area (Å²) in [5, 5.41) is 0. The summed E-state index contributed by atoms with van der Waals surface area (Å²) < 4.78 is 24.7. The zero-order valence-electron chi connectivity index (χ0n) is 5.57. The van der Waals surface area contributed by atoms with E-state index in [0.29, 0.717) is 0 Å². The van der Waals surface area contributed by atoms with Gasteiger partial charge in [0.05, 0.1) is 8.17 Å². The van der Waals surface area contributed by atoms with Crippen LogP contribution in [0.25, 0.3) is 0 Å². The van der Waals surface area contributed by atoms with Gasteiger partial charge in [0.1, 0.15) is 5.69 Å². The molecule has 6 heteroatoms. The largest absolute Gasteiger partial charge is 0.347 e. The lowest BCUT2D eigenvalue weighted by molar-refractivity contribution is 0.144. The number of H-pyrrole nitrogens is 1. The molecular weight excluding hydrogens is 347 g/mol. The predicted octanol–water partition coefficient (Wildman–Crippen LogP) is 2.68. The van der Waals surface area contributed by atoms with Gasteiger partial charge in [-0.1, -0.05) is 0 Å². The Morgan fingerprint density at radius 2 is 2.17 bits per heavy atom. The average Bonchev–Trinajstić information content (AvgIpc) is 1.96. The van der Waals surface area contributed by atoms with Gasteiger partial charge in [-0.05, 0) is 38.5 Å². The normalized spacial score (nSPS) is 10.8. The maximum absolute atomic E-state index is 12.2. The van der Waals surface area contributed by atoms with Crippen molar-refractivity contribution in [1.82, 2.24) is 4.98 Å². The average molecular weight is 350 g/mol. The highest BCUT2D eigenvalue weighted by Crippen LogP contribution is 2.21. The summed E-state index contributed by atoms with van der Waals surface area (Å²) in [5.74, 6) is 0. The highest BCUT2D eigenvalue weighted by molar-refractivity contribution is 14.1. The fraction of sp³-hybridized carbons (Fsp3) is 0.167. The molecule has 0 radical (unpaired) electrons. The zero-order chi connectivity index (χ0) is 9.30. The third kappa shape index (κ3) is 2.03. The number of aromatic amines is 1. The number of aromatic nitrogens is 1. The summed E-state index contributed by atoms with van der Waals surface area (Å²) in [7, 11) is 0. The molecule has 0 saturated heterocycles. The van der Waals surface area contributed by atoms with Crippen molar-refractivity contribution in [2.24, 2.45) is 0 Å². The van der Waals surface area contributed by atoms with E-state index < -0.39 is 11.9 Å². The Kier molecular flexibility index (Phi) is 3.22. The SMILES string of the molecule is O=c1cc(Br)[nH]c(C(F)F)c1I. The van der Waals surface area contributed by atoms with Crippen molar-refractivity contribution in [3.8, 4) is 0 Å². The van der Waals surface area contributed by atoms with Gasteiger partial charge in [0, 0.05) is 6.07 Å². The van der Waals surface area contributed by atoms with Crippen LogP contribution < -0.4 is 5.43 Å². The van der Waals surface area contributed by atoms with Crippen LogP contribution >= 0.6 is 38.5 Å². The predicted molar refractivity (Wildman–Crippen MR) is 52.4 cm³/mol. The molecule has 0 unspecified atom stereocenters. The fourth-order valence-electron chi connectivity index (χ4n) is 0.681. The highest BCUT2D eigenvalue weighted by Gasteiger charge is 2.14. The van der Waals surface area contributed by atoms with Gasteiger partial charge in [-0.2, -0.15) is 0 Å². The quantitative estimate of drug-likeness (QED) is 0.613. The Labute approximate surface area is 88.6 Å². The van der Waals surface area contributed by atoms with Crippen LogP contribution in [0.5, 0.6) is 0 Å². The second-order valence-corrected chi connectivity index (χ2v) is 3.94. The molecule has 0 aliphatic carbocycles. The summed E-state index contributed by atoms with van der Waals surface area (Å²) in [6.07, 6.45) is -2.65. The summed E-state index contributed by atoms with van der Waals surface area (Å²) in [6.45, 7) is 0. The number of halogens is 4. The van der Waals surface area contributed by atoms with Crippen LogP contribution in [0.3, 0.4) is 0 Å². The van der Waals surface area contributed by atoms with Gasteiger partial charge in [0.15, 0.2) is 5.43 Å². The first-order valence-corrected chi connectivity index (χ1v) is 4.76. The van der Waals surface area contributed by atoms with E-state index in [2.05, 4.69) is 20.9 Å². The van der Waals surface area contributed by atoms with Gasteiger partial charge >= 0.3 is 0 Å². The molecule has 0 atom stereocenters. The number of hydrogen-bond donors (Lipinski definition) is 1. The Bertz CT molecular complexity index is 352. The van der Waals surface area contributed by atoms with Gasteiger partial charge in [-0.15, -0.1) is 0 Å². The van der Waals surface area contributed by atoms with E-state index in [1.165, 1.54) is 6.07 Å². The summed E-state index contributed by atoms with van der Waals surface area (Å²) >= 11 is 4.52. The van der Waals surface area contributed by atoms with Gasteiger partial charge in [-0.25, -0.2) is 8.78 Å². The van der Waals surface area contributed by atoms with Crippen molar-refractivity contribution >= 4 is 38.5 Å².